The summed E-state index contributed by atoms with van der Waals surface area (Å²) in [6, 6.07) is 10.5. The van der Waals surface area contributed by atoms with Crippen molar-refractivity contribution in [1.29, 1.82) is 0 Å². The molecule has 19 heavy (non-hydrogen) atoms. The van der Waals surface area contributed by atoms with Crippen molar-refractivity contribution in [3.8, 4) is 0 Å². The largest absolute Gasteiger partial charge is 0.311 e. The predicted molar refractivity (Wildman–Crippen MR) is 83.6 cm³/mol. The lowest BCUT2D eigenvalue weighted by molar-refractivity contribution is 0.261. The van der Waals surface area contributed by atoms with Gasteiger partial charge in [0.25, 0.3) is 0 Å². The molecule has 1 aliphatic rings. The number of hydrogen-bond acceptors (Lipinski definition) is 1. The van der Waals surface area contributed by atoms with Crippen LogP contribution in [-0.4, -0.2) is 12.1 Å². The van der Waals surface area contributed by atoms with Crippen LogP contribution >= 0.6 is 0 Å². The molecule has 1 aromatic rings. The zero-order chi connectivity index (χ0) is 13.8. The Balaban J connectivity index is 1.70. The fourth-order valence-corrected chi connectivity index (χ4v) is 2.93. The summed E-state index contributed by atoms with van der Waals surface area (Å²) in [6.45, 7) is 9.11. The first-order chi connectivity index (χ1) is 9.04. The molecule has 1 aromatic carbocycles. The van der Waals surface area contributed by atoms with E-state index in [1.807, 2.05) is 0 Å². The maximum absolute atomic E-state index is 3.78. The highest BCUT2D eigenvalue weighted by atomic mass is 15.0. The third kappa shape index (κ3) is 4.35. The lowest BCUT2D eigenvalue weighted by atomic mass is 9.75. The van der Waals surface area contributed by atoms with Crippen molar-refractivity contribution in [1.82, 2.24) is 5.32 Å². The van der Waals surface area contributed by atoms with E-state index in [0.717, 1.165) is 17.9 Å². The molecule has 0 saturated heterocycles. The van der Waals surface area contributed by atoms with Crippen molar-refractivity contribution in [3.05, 3.63) is 35.4 Å². The maximum atomic E-state index is 3.78. The molecule has 0 bridgehead atoms. The average Bonchev–Trinajstić information content (AvgIpc) is 2.32. The Bertz CT molecular complexity index is 373. The van der Waals surface area contributed by atoms with Crippen molar-refractivity contribution in [2.45, 2.75) is 71.4 Å². The highest BCUT2D eigenvalue weighted by molar-refractivity contribution is 5.26. The molecule has 1 nitrogen and oxygen atoms in total. The van der Waals surface area contributed by atoms with Crippen LogP contribution in [0.1, 0.15) is 63.5 Å². The summed E-state index contributed by atoms with van der Waals surface area (Å²) in [5, 5.41) is 3.78. The van der Waals surface area contributed by atoms with Crippen LogP contribution in [0.5, 0.6) is 0 Å². The van der Waals surface area contributed by atoms with Crippen LogP contribution in [0.2, 0.25) is 0 Å². The van der Waals surface area contributed by atoms with Crippen molar-refractivity contribution >= 4 is 0 Å². The first kappa shape index (κ1) is 14.6. The van der Waals surface area contributed by atoms with Crippen molar-refractivity contribution in [2.75, 3.05) is 0 Å². The minimum Gasteiger partial charge on any atom is -0.311 e. The summed E-state index contributed by atoms with van der Waals surface area (Å²) in [4.78, 5) is 0. The van der Waals surface area contributed by atoms with Gasteiger partial charge in [-0.15, -0.1) is 0 Å². The normalized spacial score (nSPS) is 24.3. The minimum atomic E-state index is 0.673. The second kappa shape index (κ2) is 6.56. The quantitative estimate of drug-likeness (QED) is 0.783. The van der Waals surface area contributed by atoms with Crippen molar-refractivity contribution in [2.24, 2.45) is 5.92 Å². The molecule has 0 aromatic heterocycles. The molecule has 0 spiro atoms. The minimum absolute atomic E-state index is 0.673. The van der Waals surface area contributed by atoms with Gasteiger partial charge < -0.3 is 5.32 Å². The average molecular weight is 259 g/mol. The van der Waals surface area contributed by atoms with Crippen LogP contribution in [0, 0.1) is 12.8 Å². The lowest BCUT2D eigenvalue weighted by Crippen LogP contribution is -2.44. The second-order valence-electron chi connectivity index (χ2n) is 6.81. The van der Waals surface area contributed by atoms with E-state index in [2.05, 4.69) is 57.3 Å². The molecule has 1 fully saturated rings. The molecule has 106 valence electrons. The Morgan fingerprint density at radius 2 is 1.68 bits per heavy atom. The Hall–Kier alpha value is -0.820. The van der Waals surface area contributed by atoms with E-state index < -0.39 is 0 Å². The Kier molecular flexibility index (Phi) is 5.04. The topological polar surface area (TPSA) is 12.0 Å². The monoisotopic (exact) mass is 259 g/mol. The summed E-state index contributed by atoms with van der Waals surface area (Å²) < 4.78 is 0. The predicted octanol–water partition coefficient (Wildman–Crippen LogP) is 4.66. The molecule has 1 atom stereocenters. The highest BCUT2D eigenvalue weighted by Gasteiger charge is 2.30. The smallest absolute Gasteiger partial charge is 0.00812 e. The molecule has 2 rings (SSSR count). The number of aryl methyl sites for hydroxylation is 1. The molecular weight excluding hydrogens is 230 g/mol. The zero-order valence-electron chi connectivity index (χ0n) is 12.9. The van der Waals surface area contributed by atoms with Gasteiger partial charge in [0, 0.05) is 12.1 Å². The van der Waals surface area contributed by atoms with E-state index in [1.165, 1.54) is 36.8 Å². The van der Waals surface area contributed by atoms with E-state index in [9.17, 15) is 0 Å². The molecular formula is C18H29N. The summed E-state index contributed by atoms with van der Waals surface area (Å²) in [5.41, 5.74) is 2.89. The van der Waals surface area contributed by atoms with Gasteiger partial charge in [0.2, 0.25) is 0 Å². The van der Waals surface area contributed by atoms with E-state index in [4.69, 9.17) is 0 Å². The van der Waals surface area contributed by atoms with Gasteiger partial charge in [0.05, 0.1) is 0 Å². The molecule has 0 aliphatic heterocycles. The van der Waals surface area contributed by atoms with E-state index in [-0.39, 0.29) is 0 Å². The van der Waals surface area contributed by atoms with E-state index in [1.54, 1.807) is 0 Å². The zero-order valence-corrected chi connectivity index (χ0v) is 12.9. The summed E-state index contributed by atoms with van der Waals surface area (Å²) in [6.07, 6.45) is 5.27. The van der Waals surface area contributed by atoms with Crippen molar-refractivity contribution in [3.63, 3.8) is 0 Å². The first-order valence-electron chi connectivity index (χ1n) is 7.87. The third-order valence-corrected chi connectivity index (χ3v) is 4.38. The van der Waals surface area contributed by atoms with Crippen LogP contribution in [-0.2, 0) is 0 Å². The van der Waals surface area contributed by atoms with Gasteiger partial charge in [-0.2, -0.15) is 0 Å². The number of benzene rings is 1. The Labute approximate surface area is 118 Å². The van der Waals surface area contributed by atoms with E-state index in [0.29, 0.717) is 6.04 Å². The molecule has 1 N–H and O–H groups in total. The lowest BCUT2D eigenvalue weighted by Gasteiger charge is -2.38. The van der Waals surface area contributed by atoms with Crippen LogP contribution in [0.3, 0.4) is 0 Å². The molecule has 0 heterocycles. The first-order valence-corrected chi connectivity index (χ1v) is 7.87. The van der Waals surface area contributed by atoms with Gasteiger partial charge in [-0.05, 0) is 56.9 Å². The van der Waals surface area contributed by atoms with Crippen LogP contribution in [0.25, 0.3) is 0 Å². The van der Waals surface area contributed by atoms with E-state index >= 15 is 0 Å². The van der Waals surface area contributed by atoms with Crippen LogP contribution in [0.15, 0.2) is 24.3 Å². The molecule has 0 amide bonds. The highest BCUT2D eigenvalue weighted by Crippen LogP contribution is 2.37. The SMILES string of the molecule is Cc1ccc(C2CC(NC(C)CCC(C)C)C2)cc1. The number of nitrogens with one attached hydrogen (secondary N) is 1. The molecule has 1 heteroatoms. The Morgan fingerprint density at radius 3 is 2.26 bits per heavy atom. The summed E-state index contributed by atoms with van der Waals surface area (Å²) in [5.74, 6) is 1.61. The van der Waals surface area contributed by atoms with Crippen LogP contribution in [0.4, 0.5) is 0 Å². The summed E-state index contributed by atoms with van der Waals surface area (Å²) >= 11 is 0. The van der Waals surface area contributed by atoms with Gasteiger partial charge in [0.15, 0.2) is 0 Å². The van der Waals surface area contributed by atoms with Gasteiger partial charge >= 0.3 is 0 Å². The fourth-order valence-electron chi connectivity index (χ4n) is 2.93. The standard InChI is InChI=1S/C18H29N/c1-13(2)5-8-15(4)19-18-11-17(12-18)16-9-6-14(3)7-10-16/h6-7,9-10,13,15,17-19H,5,8,11-12H2,1-4H3. The second-order valence-corrected chi connectivity index (χ2v) is 6.81. The molecule has 0 radical (unpaired) electrons. The van der Waals surface area contributed by atoms with Gasteiger partial charge in [-0.3, -0.25) is 0 Å². The molecule has 1 aliphatic carbocycles. The third-order valence-electron chi connectivity index (χ3n) is 4.38. The maximum Gasteiger partial charge on any atom is 0.00812 e. The Morgan fingerprint density at radius 1 is 1.05 bits per heavy atom. The molecule has 1 unspecified atom stereocenters. The molecule has 1 saturated carbocycles. The number of hydrogen-bond donors (Lipinski definition) is 1. The fraction of sp³-hybridized carbons (Fsp3) is 0.667. The van der Waals surface area contributed by atoms with Gasteiger partial charge in [-0.25, -0.2) is 0 Å². The number of rotatable bonds is 6. The van der Waals surface area contributed by atoms with Gasteiger partial charge in [-0.1, -0.05) is 43.7 Å². The van der Waals surface area contributed by atoms with Crippen LogP contribution < -0.4 is 5.32 Å². The summed E-state index contributed by atoms with van der Waals surface area (Å²) in [7, 11) is 0. The van der Waals surface area contributed by atoms with Crippen molar-refractivity contribution < 1.29 is 0 Å². The van der Waals surface area contributed by atoms with Gasteiger partial charge in [0.1, 0.15) is 0 Å².